The van der Waals surface area contributed by atoms with Crippen LogP contribution in [0.1, 0.15) is 10.4 Å². The number of aldehydes is 1. The van der Waals surface area contributed by atoms with Crippen LogP contribution in [0.3, 0.4) is 0 Å². The summed E-state index contributed by atoms with van der Waals surface area (Å²) in [5.74, 6) is 0.690. The van der Waals surface area contributed by atoms with Crippen molar-refractivity contribution in [2.45, 2.75) is 5.37 Å². The van der Waals surface area contributed by atoms with E-state index in [1.807, 2.05) is 0 Å². The van der Waals surface area contributed by atoms with Gasteiger partial charge in [0.2, 0.25) is 0 Å². The third kappa shape index (κ3) is 3.27. The second kappa shape index (κ2) is 5.50. The molecule has 19 heavy (non-hydrogen) atoms. The smallest absolute Gasteiger partial charge is 0.169 e. The first-order valence-corrected chi connectivity index (χ1v) is 8.82. The lowest BCUT2D eigenvalue weighted by atomic mass is 10.2. The zero-order chi connectivity index (χ0) is 14.0. The van der Waals surface area contributed by atoms with Crippen molar-refractivity contribution in [1.29, 1.82) is 0 Å². The van der Waals surface area contributed by atoms with Gasteiger partial charge in [0, 0.05) is 35.6 Å². The number of rotatable bonds is 3. The number of anilines is 1. The molecule has 1 aromatic carbocycles. The van der Waals surface area contributed by atoms with Gasteiger partial charge in [0.1, 0.15) is 17.5 Å². The van der Waals surface area contributed by atoms with Gasteiger partial charge in [-0.15, -0.1) is 0 Å². The largest absolute Gasteiger partial charge is 0.353 e. The minimum atomic E-state index is -3.26. The molecule has 1 aliphatic rings. The molecule has 0 saturated carbocycles. The van der Waals surface area contributed by atoms with Crippen LogP contribution in [0.5, 0.6) is 0 Å². The van der Waals surface area contributed by atoms with Gasteiger partial charge in [-0.1, -0.05) is 0 Å². The van der Waals surface area contributed by atoms with E-state index < -0.39 is 21.0 Å². The second-order valence-corrected chi connectivity index (χ2v) is 7.77. The van der Waals surface area contributed by atoms with Gasteiger partial charge >= 0.3 is 0 Å². The van der Waals surface area contributed by atoms with Crippen molar-refractivity contribution in [3.05, 3.63) is 29.6 Å². The number of halogens is 1. The third-order valence-corrected chi connectivity index (χ3v) is 5.59. The molecule has 0 bridgehead atoms. The highest BCUT2D eigenvalue weighted by atomic mass is 32.2. The molecule has 1 atom stereocenters. The maximum Gasteiger partial charge on any atom is 0.169 e. The Kier molecular flexibility index (Phi) is 4.15. The van der Waals surface area contributed by atoms with Crippen LogP contribution in [0.2, 0.25) is 0 Å². The Balaban J connectivity index is 2.43. The molecule has 1 aromatic rings. The van der Waals surface area contributed by atoms with Crippen molar-refractivity contribution < 1.29 is 17.6 Å². The molecule has 7 heteroatoms. The van der Waals surface area contributed by atoms with E-state index >= 15 is 0 Å². The zero-order valence-corrected chi connectivity index (χ0v) is 12.0. The first kappa shape index (κ1) is 14.3. The van der Waals surface area contributed by atoms with Gasteiger partial charge in [-0.25, -0.2) is 12.8 Å². The Morgan fingerprint density at radius 2 is 2.16 bits per heavy atom. The molecule has 1 heterocycles. The van der Waals surface area contributed by atoms with Crippen molar-refractivity contribution in [1.82, 2.24) is 0 Å². The molecular weight excluding hydrogens is 289 g/mol. The Bertz CT molecular complexity index is 589. The molecule has 1 aliphatic heterocycles. The summed E-state index contributed by atoms with van der Waals surface area (Å²) < 4.78 is 37.0. The Labute approximate surface area is 115 Å². The molecular formula is C12H14FNO3S2. The number of thioether (sulfide) groups is 1. The first-order valence-electron chi connectivity index (χ1n) is 5.71. The number of sulfone groups is 1. The van der Waals surface area contributed by atoms with E-state index in [0.717, 1.165) is 11.8 Å². The molecule has 4 nitrogen and oxygen atoms in total. The van der Waals surface area contributed by atoms with Crippen LogP contribution in [0.4, 0.5) is 10.1 Å². The Morgan fingerprint density at radius 3 is 2.79 bits per heavy atom. The Morgan fingerprint density at radius 1 is 1.42 bits per heavy atom. The summed E-state index contributed by atoms with van der Waals surface area (Å²) in [6, 6.07) is 3.91. The van der Waals surface area contributed by atoms with Gasteiger partial charge in [0.15, 0.2) is 9.84 Å². The lowest BCUT2D eigenvalue weighted by Gasteiger charge is -2.36. The van der Waals surface area contributed by atoms with Crippen molar-refractivity contribution in [2.24, 2.45) is 0 Å². The highest BCUT2D eigenvalue weighted by Crippen LogP contribution is 2.27. The molecule has 0 aromatic heterocycles. The minimum absolute atomic E-state index is 0.209. The molecule has 0 aliphatic carbocycles. The predicted octanol–water partition coefficient (Wildman–Crippen LogP) is 1.56. The number of hydrogen-bond donors (Lipinski definition) is 0. The normalized spacial score (nSPS) is 20.3. The lowest BCUT2D eigenvalue weighted by Crippen LogP contribution is -2.47. The highest BCUT2D eigenvalue weighted by molar-refractivity contribution is 8.01. The lowest BCUT2D eigenvalue weighted by molar-refractivity contribution is 0.112. The maximum absolute atomic E-state index is 13.5. The van der Waals surface area contributed by atoms with Crippen LogP contribution in [0, 0.1) is 5.82 Å². The molecule has 2 rings (SSSR count). The summed E-state index contributed by atoms with van der Waals surface area (Å²) in [5, 5.41) is -0.674. The van der Waals surface area contributed by atoms with Crippen molar-refractivity contribution in [3.63, 3.8) is 0 Å². The van der Waals surface area contributed by atoms with Crippen LogP contribution >= 0.6 is 11.8 Å². The SMILES string of the molecule is CS(=O)(=O)C1CSCCN1c1cc(F)cc(C=O)c1. The van der Waals surface area contributed by atoms with Gasteiger partial charge in [-0.2, -0.15) is 11.8 Å². The summed E-state index contributed by atoms with van der Waals surface area (Å²) in [6.07, 6.45) is 1.73. The molecule has 0 N–H and O–H groups in total. The summed E-state index contributed by atoms with van der Waals surface area (Å²) in [6.45, 7) is 0.518. The minimum Gasteiger partial charge on any atom is -0.353 e. The van der Waals surface area contributed by atoms with Crippen LogP contribution in [0.25, 0.3) is 0 Å². The van der Waals surface area contributed by atoms with Crippen molar-refractivity contribution >= 4 is 33.6 Å². The van der Waals surface area contributed by atoms with E-state index in [0.29, 0.717) is 24.3 Å². The fourth-order valence-electron chi connectivity index (χ4n) is 2.06. The van der Waals surface area contributed by atoms with Gasteiger partial charge in [0.05, 0.1) is 0 Å². The summed E-state index contributed by atoms with van der Waals surface area (Å²) in [4.78, 5) is 12.4. The van der Waals surface area contributed by atoms with E-state index in [-0.39, 0.29) is 5.56 Å². The maximum atomic E-state index is 13.5. The zero-order valence-electron chi connectivity index (χ0n) is 10.4. The van der Waals surface area contributed by atoms with Crippen LogP contribution in [-0.2, 0) is 9.84 Å². The number of carbonyl (C=O) groups excluding carboxylic acids is 1. The van der Waals surface area contributed by atoms with E-state index in [1.54, 1.807) is 16.7 Å². The van der Waals surface area contributed by atoms with E-state index in [1.165, 1.54) is 18.4 Å². The van der Waals surface area contributed by atoms with Gasteiger partial charge in [-0.05, 0) is 18.2 Å². The Hall–Kier alpha value is -1.08. The standard InChI is InChI=1S/C12H14FNO3S2/c1-19(16,17)12-8-18-3-2-14(12)11-5-9(7-15)4-10(13)6-11/h4-7,12H,2-3,8H2,1H3. The van der Waals surface area contributed by atoms with Gasteiger partial charge < -0.3 is 4.90 Å². The van der Waals surface area contributed by atoms with Crippen molar-refractivity contribution in [3.8, 4) is 0 Å². The molecule has 104 valence electrons. The van der Waals surface area contributed by atoms with Gasteiger partial charge in [0.25, 0.3) is 0 Å². The fraction of sp³-hybridized carbons (Fsp3) is 0.417. The first-order chi connectivity index (χ1) is 8.91. The van der Waals surface area contributed by atoms with Gasteiger partial charge in [-0.3, -0.25) is 4.79 Å². The number of carbonyl (C=O) groups is 1. The quantitative estimate of drug-likeness (QED) is 0.793. The molecule has 0 radical (unpaired) electrons. The highest BCUT2D eigenvalue weighted by Gasteiger charge is 2.31. The third-order valence-electron chi connectivity index (χ3n) is 2.95. The van der Waals surface area contributed by atoms with E-state index in [2.05, 4.69) is 0 Å². The van der Waals surface area contributed by atoms with E-state index in [9.17, 15) is 17.6 Å². The number of hydrogen-bond acceptors (Lipinski definition) is 5. The fourth-order valence-corrected chi connectivity index (χ4v) is 4.90. The van der Waals surface area contributed by atoms with E-state index in [4.69, 9.17) is 0 Å². The number of nitrogens with zero attached hydrogens (tertiary/aromatic N) is 1. The van der Waals surface area contributed by atoms with Crippen LogP contribution in [0.15, 0.2) is 18.2 Å². The van der Waals surface area contributed by atoms with Crippen LogP contribution in [-0.4, -0.2) is 44.4 Å². The average molecular weight is 303 g/mol. The predicted molar refractivity (Wildman–Crippen MR) is 75.1 cm³/mol. The second-order valence-electron chi connectivity index (χ2n) is 4.41. The topological polar surface area (TPSA) is 54.5 Å². The van der Waals surface area contributed by atoms with Crippen LogP contribution < -0.4 is 4.90 Å². The van der Waals surface area contributed by atoms with Crippen molar-refractivity contribution in [2.75, 3.05) is 29.2 Å². The molecule has 1 saturated heterocycles. The average Bonchev–Trinajstić information content (AvgIpc) is 2.37. The summed E-state index contributed by atoms with van der Waals surface area (Å²) >= 11 is 1.56. The molecule has 1 unspecified atom stereocenters. The summed E-state index contributed by atoms with van der Waals surface area (Å²) in [5.41, 5.74) is 0.651. The molecule has 1 fully saturated rings. The number of benzene rings is 1. The summed E-state index contributed by atoms with van der Waals surface area (Å²) in [7, 11) is -3.26. The molecule has 0 amide bonds. The monoisotopic (exact) mass is 303 g/mol. The molecule has 0 spiro atoms.